The Morgan fingerprint density at radius 3 is 2.59 bits per heavy atom. The van der Waals surface area contributed by atoms with Crippen LogP contribution in [-0.2, 0) is 11.2 Å². The summed E-state index contributed by atoms with van der Waals surface area (Å²) in [7, 11) is 0. The van der Waals surface area contributed by atoms with E-state index in [4.69, 9.17) is 4.74 Å². The Labute approximate surface area is 157 Å². The number of rotatable bonds is 8. The molecule has 0 aliphatic heterocycles. The maximum absolute atomic E-state index is 12.1. The van der Waals surface area contributed by atoms with Gasteiger partial charge in [-0.05, 0) is 49.2 Å². The highest BCUT2D eigenvalue weighted by Gasteiger charge is 2.09. The van der Waals surface area contributed by atoms with E-state index in [1.165, 1.54) is 0 Å². The SMILES string of the molecule is CCOc1ccc(C(=O)NCC(=O)NCCc2c[nH]c3ccccc23)cc1. The second kappa shape index (κ2) is 8.89. The van der Waals surface area contributed by atoms with Crippen molar-refractivity contribution >= 4 is 22.7 Å². The fourth-order valence-corrected chi connectivity index (χ4v) is 2.87. The van der Waals surface area contributed by atoms with Crippen molar-refractivity contribution in [1.82, 2.24) is 15.6 Å². The number of carbonyl (C=O) groups is 2. The highest BCUT2D eigenvalue weighted by molar-refractivity contribution is 5.96. The molecule has 6 heteroatoms. The van der Waals surface area contributed by atoms with Crippen molar-refractivity contribution in [1.29, 1.82) is 0 Å². The van der Waals surface area contributed by atoms with Crippen LogP contribution in [0.15, 0.2) is 54.7 Å². The predicted octanol–water partition coefficient (Wildman–Crippen LogP) is 2.66. The Balaban J connectivity index is 1.42. The molecule has 1 heterocycles. The minimum Gasteiger partial charge on any atom is -0.494 e. The van der Waals surface area contributed by atoms with E-state index in [0.717, 1.165) is 22.9 Å². The van der Waals surface area contributed by atoms with Gasteiger partial charge in [0, 0.05) is 29.2 Å². The number of carbonyl (C=O) groups excluding carboxylic acids is 2. The lowest BCUT2D eigenvalue weighted by Crippen LogP contribution is -2.37. The van der Waals surface area contributed by atoms with E-state index in [1.807, 2.05) is 31.3 Å². The van der Waals surface area contributed by atoms with Crippen LogP contribution in [0.1, 0.15) is 22.8 Å². The second-order valence-electron chi connectivity index (χ2n) is 6.10. The molecule has 0 saturated heterocycles. The topological polar surface area (TPSA) is 83.2 Å². The molecule has 0 radical (unpaired) electrons. The number of hydrogen-bond donors (Lipinski definition) is 3. The van der Waals surface area contributed by atoms with Crippen LogP contribution in [0, 0.1) is 0 Å². The number of ether oxygens (including phenoxy) is 1. The molecule has 140 valence electrons. The van der Waals surface area contributed by atoms with E-state index >= 15 is 0 Å². The lowest BCUT2D eigenvalue weighted by atomic mass is 10.1. The quantitative estimate of drug-likeness (QED) is 0.574. The summed E-state index contributed by atoms with van der Waals surface area (Å²) in [4.78, 5) is 27.3. The second-order valence-corrected chi connectivity index (χ2v) is 6.10. The summed E-state index contributed by atoms with van der Waals surface area (Å²) in [6.07, 6.45) is 2.69. The predicted molar refractivity (Wildman–Crippen MR) is 105 cm³/mol. The Morgan fingerprint density at radius 2 is 1.81 bits per heavy atom. The van der Waals surface area contributed by atoms with Gasteiger partial charge in [-0.2, -0.15) is 0 Å². The van der Waals surface area contributed by atoms with Gasteiger partial charge in [-0.3, -0.25) is 9.59 Å². The molecular weight excluding hydrogens is 342 g/mol. The molecule has 0 aliphatic carbocycles. The monoisotopic (exact) mass is 365 g/mol. The van der Waals surface area contributed by atoms with Gasteiger partial charge in [-0.1, -0.05) is 18.2 Å². The summed E-state index contributed by atoms with van der Waals surface area (Å²) in [6.45, 7) is 2.93. The fraction of sp³-hybridized carbons (Fsp3) is 0.238. The average Bonchev–Trinajstić information content (AvgIpc) is 3.10. The molecule has 3 rings (SSSR count). The largest absolute Gasteiger partial charge is 0.494 e. The zero-order valence-corrected chi connectivity index (χ0v) is 15.2. The van der Waals surface area contributed by atoms with E-state index < -0.39 is 0 Å². The number of H-pyrrole nitrogens is 1. The van der Waals surface area contributed by atoms with Crippen LogP contribution in [0.3, 0.4) is 0 Å². The van der Waals surface area contributed by atoms with E-state index in [2.05, 4.69) is 21.7 Å². The van der Waals surface area contributed by atoms with Crippen molar-refractivity contribution in [2.75, 3.05) is 19.7 Å². The summed E-state index contributed by atoms with van der Waals surface area (Å²) < 4.78 is 5.34. The van der Waals surface area contributed by atoms with Crippen LogP contribution < -0.4 is 15.4 Å². The average molecular weight is 365 g/mol. The van der Waals surface area contributed by atoms with Crippen LogP contribution in [0.5, 0.6) is 5.75 Å². The highest BCUT2D eigenvalue weighted by Crippen LogP contribution is 2.17. The van der Waals surface area contributed by atoms with Crippen molar-refractivity contribution < 1.29 is 14.3 Å². The molecule has 2 amide bonds. The first-order valence-electron chi connectivity index (χ1n) is 9.00. The lowest BCUT2D eigenvalue weighted by molar-refractivity contribution is -0.120. The summed E-state index contributed by atoms with van der Waals surface area (Å²) >= 11 is 0. The van der Waals surface area contributed by atoms with Gasteiger partial charge >= 0.3 is 0 Å². The number of aromatic nitrogens is 1. The highest BCUT2D eigenvalue weighted by atomic mass is 16.5. The standard InChI is InChI=1S/C21H23N3O3/c1-2-27-17-9-7-15(8-10-17)21(26)24-14-20(25)22-12-11-16-13-23-19-6-4-3-5-18(16)19/h3-10,13,23H,2,11-12,14H2,1H3,(H,22,25)(H,24,26). The molecule has 0 saturated carbocycles. The number of nitrogens with one attached hydrogen (secondary N) is 3. The van der Waals surface area contributed by atoms with E-state index in [0.29, 0.717) is 24.5 Å². The minimum atomic E-state index is -0.287. The fourth-order valence-electron chi connectivity index (χ4n) is 2.87. The van der Waals surface area contributed by atoms with Gasteiger partial charge in [0.2, 0.25) is 5.91 Å². The molecule has 0 aliphatic rings. The maximum atomic E-state index is 12.1. The van der Waals surface area contributed by atoms with Crippen molar-refractivity contribution in [3.05, 3.63) is 65.9 Å². The van der Waals surface area contributed by atoms with E-state index in [9.17, 15) is 9.59 Å². The molecule has 3 aromatic rings. The van der Waals surface area contributed by atoms with Gasteiger partial charge < -0.3 is 20.4 Å². The smallest absolute Gasteiger partial charge is 0.251 e. The molecule has 6 nitrogen and oxygen atoms in total. The number of aromatic amines is 1. The van der Waals surface area contributed by atoms with Crippen molar-refractivity contribution in [2.45, 2.75) is 13.3 Å². The van der Waals surface area contributed by atoms with Crippen molar-refractivity contribution in [3.8, 4) is 5.75 Å². The third-order valence-corrected chi connectivity index (χ3v) is 4.23. The summed E-state index contributed by atoms with van der Waals surface area (Å²) in [6, 6.07) is 14.9. The van der Waals surface area contributed by atoms with E-state index in [-0.39, 0.29) is 18.4 Å². The van der Waals surface area contributed by atoms with E-state index in [1.54, 1.807) is 24.3 Å². The summed E-state index contributed by atoms with van der Waals surface area (Å²) in [5.41, 5.74) is 2.73. The normalized spacial score (nSPS) is 10.6. The molecule has 0 unspecified atom stereocenters. The first-order valence-corrected chi connectivity index (χ1v) is 9.00. The number of fused-ring (bicyclic) bond motifs is 1. The maximum Gasteiger partial charge on any atom is 0.251 e. The molecule has 1 aromatic heterocycles. The van der Waals surface area contributed by atoms with Gasteiger partial charge in [0.1, 0.15) is 5.75 Å². The Morgan fingerprint density at radius 1 is 1.04 bits per heavy atom. The number of benzene rings is 2. The third kappa shape index (κ3) is 4.88. The molecular formula is C21H23N3O3. The zero-order valence-electron chi connectivity index (χ0n) is 15.2. The van der Waals surface area contributed by atoms with Crippen LogP contribution >= 0.6 is 0 Å². The zero-order chi connectivity index (χ0) is 19.1. The molecule has 0 spiro atoms. The summed E-state index contributed by atoms with van der Waals surface area (Å²) in [5, 5.41) is 6.62. The third-order valence-electron chi connectivity index (χ3n) is 4.23. The molecule has 0 atom stereocenters. The lowest BCUT2D eigenvalue weighted by Gasteiger charge is -2.08. The molecule has 0 bridgehead atoms. The minimum absolute atomic E-state index is 0.0556. The molecule has 2 aromatic carbocycles. The van der Waals surface area contributed by atoms with Gasteiger partial charge in [0.25, 0.3) is 5.91 Å². The summed E-state index contributed by atoms with van der Waals surface area (Å²) in [5.74, 6) is 0.211. The van der Waals surface area contributed by atoms with Crippen molar-refractivity contribution in [3.63, 3.8) is 0 Å². The van der Waals surface area contributed by atoms with Crippen LogP contribution in [0.2, 0.25) is 0 Å². The first-order chi connectivity index (χ1) is 13.2. The van der Waals surface area contributed by atoms with Gasteiger partial charge in [0.15, 0.2) is 0 Å². The van der Waals surface area contributed by atoms with Gasteiger partial charge in [0.05, 0.1) is 13.2 Å². The molecule has 27 heavy (non-hydrogen) atoms. The van der Waals surface area contributed by atoms with Gasteiger partial charge in [-0.15, -0.1) is 0 Å². The van der Waals surface area contributed by atoms with Crippen molar-refractivity contribution in [2.24, 2.45) is 0 Å². The first kappa shape index (κ1) is 18.5. The number of hydrogen-bond acceptors (Lipinski definition) is 3. The van der Waals surface area contributed by atoms with Gasteiger partial charge in [-0.25, -0.2) is 0 Å². The Bertz CT molecular complexity index is 916. The molecule has 3 N–H and O–H groups in total. The molecule has 0 fully saturated rings. The number of para-hydroxylation sites is 1. The van der Waals surface area contributed by atoms with Crippen LogP contribution in [0.4, 0.5) is 0 Å². The Hall–Kier alpha value is -3.28. The Kier molecular flexibility index (Phi) is 6.10. The van der Waals surface area contributed by atoms with Crippen LogP contribution in [-0.4, -0.2) is 36.5 Å². The van der Waals surface area contributed by atoms with Crippen LogP contribution in [0.25, 0.3) is 10.9 Å². The number of amides is 2.